The molecule has 0 aliphatic heterocycles. The lowest BCUT2D eigenvalue weighted by Crippen LogP contribution is -3.06. The van der Waals surface area contributed by atoms with Crippen LogP contribution in [-0.4, -0.2) is 50.4 Å². The number of quaternary nitrogens is 1. The molecule has 0 aromatic carbocycles. The van der Waals surface area contributed by atoms with E-state index in [1.165, 1.54) is 90.4 Å². The number of nitrogens with one attached hydrogen (secondary N) is 1. The Balaban J connectivity index is 3.72. The molecular formula is C25H53NO5P+. The fourth-order valence-corrected chi connectivity index (χ4v) is 5.04. The molecule has 0 amide bonds. The molecule has 2 unspecified atom stereocenters. The van der Waals surface area contributed by atoms with E-state index in [-0.39, 0.29) is 18.7 Å². The van der Waals surface area contributed by atoms with Gasteiger partial charge in [0.15, 0.2) is 0 Å². The number of hydrogen-bond acceptors (Lipinski definition) is 4. The SMILES string of the molecule is CCCCCCCCCCCCCCCCCC(COP(=O)(O)CC[NH+](C)C)OC(C)=O. The third-order valence-corrected chi connectivity index (χ3v) is 7.16. The highest BCUT2D eigenvalue weighted by Gasteiger charge is 2.24. The van der Waals surface area contributed by atoms with E-state index in [0.29, 0.717) is 13.0 Å². The normalized spacial score (nSPS) is 14.4. The Labute approximate surface area is 198 Å². The van der Waals surface area contributed by atoms with Crippen molar-refractivity contribution in [1.82, 2.24) is 0 Å². The summed E-state index contributed by atoms with van der Waals surface area (Å²) in [5, 5.41) is 0. The van der Waals surface area contributed by atoms with Crippen molar-refractivity contribution < 1.29 is 28.4 Å². The fourth-order valence-electron chi connectivity index (χ4n) is 3.78. The summed E-state index contributed by atoms with van der Waals surface area (Å²) < 4.78 is 22.6. The van der Waals surface area contributed by atoms with E-state index < -0.39 is 13.7 Å². The van der Waals surface area contributed by atoms with Crippen molar-refractivity contribution in [1.29, 1.82) is 0 Å². The second-order valence-electron chi connectivity index (χ2n) is 9.58. The van der Waals surface area contributed by atoms with Gasteiger partial charge in [-0.2, -0.15) is 0 Å². The predicted molar refractivity (Wildman–Crippen MR) is 133 cm³/mol. The molecule has 0 aliphatic carbocycles. The van der Waals surface area contributed by atoms with Gasteiger partial charge in [0.05, 0.1) is 33.4 Å². The molecule has 6 nitrogen and oxygen atoms in total. The van der Waals surface area contributed by atoms with Crippen molar-refractivity contribution in [3.05, 3.63) is 0 Å². The summed E-state index contributed by atoms with van der Waals surface area (Å²) in [5.74, 6) is -0.370. The van der Waals surface area contributed by atoms with Gasteiger partial charge in [0.1, 0.15) is 6.10 Å². The Morgan fingerprint density at radius 3 is 1.69 bits per heavy atom. The largest absolute Gasteiger partial charge is 0.460 e. The zero-order chi connectivity index (χ0) is 24.1. The molecule has 0 saturated heterocycles. The summed E-state index contributed by atoms with van der Waals surface area (Å²) in [4.78, 5) is 22.4. The van der Waals surface area contributed by atoms with E-state index in [1.54, 1.807) is 0 Å². The molecule has 7 heteroatoms. The van der Waals surface area contributed by atoms with E-state index in [1.807, 2.05) is 14.1 Å². The molecule has 192 valence electrons. The van der Waals surface area contributed by atoms with Gasteiger partial charge in [-0.05, 0) is 12.8 Å². The van der Waals surface area contributed by atoms with Crippen molar-refractivity contribution in [2.45, 2.75) is 123 Å². The van der Waals surface area contributed by atoms with Crippen LogP contribution in [0.25, 0.3) is 0 Å². The van der Waals surface area contributed by atoms with Gasteiger partial charge >= 0.3 is 13.6 Å². The lowest BCUT2D eigenvalue weighted by Gasteiger charge is -2.19. The predicted octanol–water partition coefficient (Wildman–Crippen LogP) is 5.53. The molecule has 0 aliphatic rings. The monoisotopic (exact) mass is 478 g/mol. The van der Waals surface area contributed by atoms with Crippen molar-refractivity contribution >= 4 is 13.6 Å². The Morgan fingerprint density at radius 1 is 0.844 bits per heavy atom. The van der Waals surface area contributed by atoms with Gasteiger partial charge in [-0.1, -0.05) is 96.8 Å². The molecule has 0 aromatic rings. The second kappa shape index (κ2) is 21.1. The third kappa shape index (κ3) is 22.8. The van der Waals surface area contributed by atoms with E-state index in [2.05, 4.69) is 6.92 Å². The first-order valence-electron chi connectivity index (χ1n) is 13.2. The van der Waals surface area contributed by atoms with Crippen LogP contribution >= 0.6 is 7.60 Å². The van der Waals surface area contributed by atoms with Crippen molar-refractivity contribution in [2.75, 3.05) is 33.4 Å². The van der Waals surface area contributed by atoms with Crippen LogP contribution in [0.4, 0.5) is 0 Å². The summed E-state index contributed by atoms with van der Waals surface area (Å²) in [7, 11) is 0.227. The molecule has 0 fully saturated rings. The molecule has 0 aromatic heterocycles. The van der Waals surface area contributed by atoms with Crippen LogP contribution in [0, 0.1) is 0 Å². The van der Waals surface area contributed by atoms with Gasteiger partial charge in [0, 0.05) is 6.92 Å². The van der Waals surface area contributed by atoms with Crippen LogP contribution in [0.5, 0.6) is 0 Å². The zero-order valence-corrected chi connectivity index (χ0v) is 22.4. The minimum Gasteiger partial charge on any atom is -0.460 e. The summed E-state index contributed by atoms with van der Waals surface area (Å²) in [6, 6.07) is 0. The number of esters is 1. The molecule has 32 heavy (non-hydrogen) atoms. The summed E-state index contributed by atoms with van der Waals surface area (Å²) in [6.07, 6.45) is 19.9. The Hall–Kier alpha value is -0.420. The van der Waals surface area contributed by atoms with Crippen LogP contribution in [-0.2, 0) is 18.6 Å². The first kappa shape index (κ1) is 31.6. The quantitative estimate of drug-likeness (QED) is 0.115. The molecule has 2 atom stereocenters. The van der Waals surface area contributed by atoms with Crippen molar-refractivity contribution in [3.63, 3.8) is 0 Å². The number of carbonyl (C=O) groups excluding carboxylic acids is 1. The summed E-state index contributed by atoms with van der Waals surface area (Å²) in [5.41, 5.74) is 0. The van der Waals surface area contributed by atoms with Gasteiger partial charge in [0.2, 0.25) is 0 Å². The number of carbonyl (C=O) groups is 1. The highest BCUT2D eigenvalue weighted by molar-refractivity contribution is 7.52. The smallest absolute Gasteiger partial charge is 0.333 e. The Kier molecular flexibility index (Phi) is 20.9. The lowest BCUT2D eigenvalue weighted by molar-refractivity contribution is -0.855. The second-order valence-corrected chi connectivity index (χ2v) is 11.6. The summed E-state index contributed by atoms with van der Waals surface area (Å²) >= 11 is 0. The standard InChI is InChI=1S/C25H52NO5P/c1-5-6-7-8-9-10-11-12-13-14-15-16-17-18-19-20-25(31-24(2)27)23-30-32(28,29)22-21-26(3)4/h25H,5-23H2,1-4H3,(H,28,29)/p+1. The van der Waals surface area contributed by atoms with Crippen molar-refractivity contribution in [2.24, 2.45) is 0 Å². The average molecular weight is 479 g/mol. The van der Waals surface area contributed by atoms with E-state index in [9.17, 15) is 14.3 Å². The van der Waals surface area contributed by atoms with Crippen LogP contribution < -0.4 is 4.90 Å². The van der Waals surface area contributed by atoms with Gasteiger partial charge in [0.25, 0.3) is 0 Å². The van der Waals surface area contributed by atoms with Gasteiger partial charge in [-0.3, -0.25) is 9.36 Å². The van der Waals surface area contributed by atoms with Crippen LogP contribution in [0.3, 0.4) is 0 Å². The van der Waals surface area contributed by atoms with E-state index >= 15 is 0 Å². The first-order valence-corrected chi connectivity index (χ1v) is 15.0. The third-order valence-electron chi connectivity index (χ3n) is 5.82. The number of hydrogen-bond donors (Lipinski definition) is 2. The topological polar surface area (TPSA) is 77.3 Å². The Bertz CT molecular complexity index is 487. The maximum absolute atomic E-state index is 12.1. The molecule has 0 saturated carbocycles. The number of rotatable bonds is 23. The highest BCUT2D eigenvalue weighted by Crippen LogP contribution is 2.41. The summed E-state index contributed by atoms with van der Waals surface area (Å²) in [6.45, 7) is 4.19. The van der Waals surface area contributed by atoms with Crippen molar-refractivity contribution in [3.8, 4) is 0 Å². The van der Waals surface area contributed by atoms with Crippen LogP contribution in [0.15, 0.2) is 0 Å². The van der Waals surface area contributed by atoms with Gasteiger partial charge in [-0.15, -0.1) is 0 Å². The molecule has 0 bridgehead atoms. The van der Waals surface area contributed by atoms with Gasteiger partial charge in [-0.25, -0.2) is 0 Å². The molecule has 0 rings (SSSR count). The van der Waals surface area contributed by atoms with E-state index in [4.69, 9.17) is 9.26 Å². The molecule has 0 heterocycles. The molecule has 0 radical (unpaired) electrons. The van der Waals surface area contributed by atoms with Crippen LogP contribution in [0.2, 0.25) is 0 Å². The minimum absolute atomic E-state index is 0.00523. The Morgan fingerprint density at radius 2 is 1.28 bits per heavy atom. The molecular weight excluding hydrogens is 425 g/mol. The first-order chi connectivity index (χ1) is 15.3. The zero-order valence-electron chi connectivity index (χ0n) is 21.5. The number of unbranched alkanes of at least 4 members (excludes halogenated alkanes) is 14. The average Bonchev–Trinajstić information content (AvgIpc) is 2.73. The number of ether oxygens (including phenoxy) is 1. The van der Waals surface area contributed by atoms with E-state index in [0.717, 1.165) is 17.7 Å². The molecule has 0 spiro atoms. The highest BCUT2D eigenvalue weighted by atomic mass is 31.2. The minimum atomic E-state index is -3.63. The lowest BCUT2D eigenvalue weighted by atomic mass is 10.0. The van der Waals surface area contributed by atoms with Gasteiger partial charge < -0.3 is 19.1 Å². The van der Waals surface area contributed by atoms with Crippen LogP contribution in [0.1, 0.15) is 117 Å². The molecule has 2 N–H and O–H groups in total. The maximum Gasteiger partial charge on any atom is 0.333 e. The maximum atomic E-state index is 12.1. The fraction of sp³-hybridized carbons (Fsp3) is 0.960.